The van der Waals surface area contributed by atoms with Crippen molar-refractivity contribution in [2.24, 2.45) is 0 Å². The van der Waals surface area contributed by atoms with Gasteiger partial charge in [0, 0.05) is 67.9 Å². The molecular weight excluding hydrogens is 468 g/mol. The standard InChI is InChI=1S/C29H30N4O4/c34-29(32-37-28-3-1-2-14-36-28)26-17-25(19-30-20-26)27-11-10-23(18-31-27)7-4-22-5-8-24(9-6-22)21-33-12-15-35-16-13-33/h5-6,8-11,17-20,28H,1-3,12-16,21H2,(H,32,34). The molecule has 37 heavy (non-hydrogen) atoms. The Morgan fingerprint density at radius 1 is 1.00 bits per heavy atom. The highest BCUT2D eigenvalue weighted by Crippen LogP contribution is 2.18. The Hall–Kier alpha value is -3.61. The van der Waals surface area contributed by atoms with Gasteiger partial charge in [0.1, 0.15) is 0 Å². The maximum Gasteiger partial charge on any atom is 0.276 e. The number of pyridine rings is 2. The molecule has 0 bridgehead atoms. The summed E-state index contributed by atoms with van der Waals surface area (Å²) in [7, 11) is 0. The van der Waals surface area contributed by atoms with Crippen LogP contribution in [0.2, 0.25) is 0 Å². The van der Waals surface area contributed by atoms with Gasteiger partial charge in [-0.2, -0.15) is 0 Å². The number of nitrogens with one attached hydrogen (secondary N) is 1. The number of aromatic nitrogens is 2. The highest BCUT2D eigenvalue weighted by Gasteiger charge is 2.17. The van der Waals surface area contributed by atoms with Crippen LogP contribution in [-0.4, -0.2) is 60.0 Å². The highest BCUT2D eigenvalue weighted by molar-refractivity contribution is 5.94. The molecule has 3 aromatic rings. The van der Waals surface area contributed by atoms with Crippen molar-refractivity contribution in [3.8, 4) is 23.1 Å². The Morgan fingerprint density at radius 3 is 2.57 bits per heavy atom. The molecule has 4 heterocycles. The van der Waals surface area contributed by atoms with Gasteiger partial charge in [-0.1, -0.05) is 24.0 Å². The molecule has 1 unspecified atom stereocenters. The SMILES string of the molecule is O=C(NOC1CCCCO1)c1cncc(-c2ccc(C#Cc3ccc(CN4CCOCC4)cc3)cn2)c1. The van der Waals surface area contributed by atoms with E-state index in [1.54, 1.807) is 18.5 Å². The fourth-order valence-electron chi connectivity index (χ4n) is 4.18. The third-order valence-electron chi connectivity index (χ3n) is 6.30. The summed E-state index contributed by atoms with van der Waals surface area (Å²) in [5.74, 6) is 6.00. The molecule has 0 radical (unpaired) electrons. The van der Waals surface area contributed by atoms with E-state index in [4.69, 9.17) is 14.3 Å². The zero-order valence-electron chi connectivity index (χ0n) is 20.7. The lowest BCUT2D eigenvalue weighted by atomic mass is 10.1. The summed E-state index contributed by atoms with van der Waals surface area (Å²) in [6.45, 7) is 5.13. The number of morpholine rings is 1. The Balaban J connectivity index is 1.17. The summed E-state index contributed by atoms with van der Waals surface area (Å²) in [4.78, 5) is 29.0. The molecular formula is C29H30N4O4. The zero-order valence-corrected chi connectivity index (χ0v) is 20.7. The maximum atomic E-state index is 12.5. The molecule has 2 fully saturated rings. The van der Waals surface area contributed by atoms with Crippen molar-refractivity contribution in [3.05, 3.63) is 83.3 Å². The van der Waals surface area contributed by atoms with Crippen molar-refractivity contribution in [2.75, 3.05) is 32.9 Å². The van der Waals surface area contributed by atoms with E-state index in [0.29, 0.717) is 17.9 Å². The number of hydrogen-bond donors (Lipinski definition) is 1. The lowest BCUT2D eigenvalue weighted by molar-refractivity contribution is -0.186. The number of carbonyl (C=O) groups excluding carboxylic acids is 1. The van der Waals surface area contributed by atoms with E-state index in [1.807, 2.05) is 12.1 Å². The van der Waals surface area contributed by atoms with Crippen molar-refractivity contribution in [1.29, 1.82) is 0 Å². The van der Waals surface area contributed by atoms with Gasteiger partial charge in [-0.25, -0.2) is 10.3 Å². The number of hydroxylamine groups is 1. The van der Waals surface area contributed by atoms with Crippen LogP contribution in [-0.2, 0) is 20.9 Å². The zero-order chi connectivity index (χ0) is 25.3. The molecule has 5 rings (SSSR count). The second kappa shape index (κ2) is 12.6. The first-order chi connectivity index (χ1) is 18.2. The van der Waals surface area contributed by atoms with Gasteiger partial charge in [0.25, 0.3) is 5.91 Å². The molecule has 190 valence electrons. The van der Waals surface area contributed by atoms with Crippen LogP contribution in [0.25, 0.3) is 11.3 Å². The fraction of sp³-hybridized carbons (Fsp3) is 0.345. The largest absolute Gasteiger partial charge is 0.379 e. The summed E-state index contributed by atoms with van der Waals surface area (Å²) in [6.07, 6.45) is 7.29. The first-order valence-electron chi connectivity index (χ1n) is 12.6. The van der Waals surface area contributed by atoms with Crippen molar-refractivity contribution in [3.63, 3.8) is 0 Å². The van der Waals surface area contributed by atoms with Crippen LogP contribution in [0.3, 0.4) is 0 Å². The average molecular weight is 499 g/mol. The number of amides is 1. The summed E-state index contributed by atoms with van der Waals surface area (Å²) in [6, 6.07) is 13.9. The van der Waals surface area contributed by atoms with Crippen LogP contribution in [0.4, 0.5) is 0 Å². The molecule has 0 saturated carbocycles. The topological polar surface area (TPSA) is 85.8 Å². The minimum Gasteiger partial charge on any atom is -0.379 e. The molecule has 1 atom stereocenters. The van der Waals surface area contributed by atoms with Gasteiger partial charge in [0.05, 0.1) is 24.5 Å². The van der Waals surface area contributed by atoms with Crippen molar-refractivity contribution in [2.45, 2.75) is 32.1 Å². The number of ether oxygens (including phenoxy) is 2. The molecule has 2 aliphatic rings. The van der Waals surface area contributed by atoms with Crippen molar-refractivity contribution < 1.29 is 19.1 Å². The molecule has 2 saturated heterocycles. The maximum absolute atomic E-state index is 12.5. The van der Waals surface area contributed by atoms with Crippen LogP contribution in [0.1, 0.15) is 46.3 Å². The summed E-state index contributed by atoms with van der Waals surface area (Å²) in [5.41, 5.74) is 7.33. The molecule has 8 heteroatoms. The molecule has 2 aromatic heterocycles. The van der Waals surface area contributed by atoms with Crippen LogP contribution < -0.4 is 5.48 Å². The molecule has 2 aliphatic heterocycles. The third-order valence-corrected chi connectivity index (χ3v) is 6.30. The minimum atomic E-state index is -0.405. The van der Waals surface area contributed by atoms with Gasteiger partial charge < -0.3 is 9.47 Å². The normalized spacial score (nSPS) is 18.0. The molecule has 1 aromatic carbocycles. The van der Waals surface area contributed by atoms with E-state index in [2.05, 4.69) is 56.5 Å². The highest BCUT2D eigenvalue weighted by atomic mass is 16.8. The molecule has 0 spiro atoms. The first-order valence-corrected chi connectivity index (χ1v) is 12.6. The monoisotopic (exact) mass is 498 g/mol. The number of rotatable bonds is 6. The molecule has 8 nitrogen and oxygen atoms in total. The summed E-state index contributed by atoms with van der Waals surface area (Å²) in [5, 5.41) is 0. The summed E-state index contributed by atoms with van der Waals surface area (Å²) >= 11 is 0. The van der Waals surface area contributed by atoms with E-state index in [0.717, 1.165) is 68.8 Å². The summed E-state index contributed by atoms with van der Waals surface area (Å²) < 4.78 is 10.9. The number of benzene rings is 1. The Labute approximate surface area is 216 Å². The molecule has 1 amide bonds. The third kappa shape index (κ3) is 7.21. The Bertz CT molecular complexity index is 1240. The second-order valence-corrected chi connectivity index (χ2v) is 9.08. The predicted molar refractivity (Wildman–Crippen MR) is 138 cm³/mol. The molecule has 1 N–H and O–H groups in total. The molecule has 0 aliphatic carbocycles. The second-order valence-electron chi connectivity index (χ2n) is 9.08. The predicted octanol–water partition coefficient (Wildman–Crippen LogP) is 3.56. The number of hydrogen-bond acceptors (Lipinski definition) is 7. The van der Waals surface area contributed by atoms with E-state index in [-0.39, 0.29) is 5.91 Å². The Morgan fingerprint density at radius 2 is 1.81 bits per heavy atom. The van der Waals surface area contributed by atoms with Crippen LogP contribution in [0.5, 0.6) is 0 Å². The van der Waals surface area contributed by atoms with E-state index < -0.39 is 6.29 Å². The smallest absolute Gasteiger partial charge is 0.276 e. The van der Waals surface area contributed by atoms with E-state index in [1.165, 1.54) is 11.8 Å². The van der Waals surface area contributed by atoms with Crippen LogP contribution >= 0.6 is 0 Å². The van der Waals surface area contributed by atoms with Gasteiger partial charge in [-0.05, 0) is 48.7 Å². The van der Waals surface area contributed by atoms with Gasteiger partial charge in [0.2, 0.25) is 0 Å². The van der Waals surface area contributed by atoms with Gasteiger partial charge in [-0.15, -0.1) is 0 Å². The minimum absolute atomic E-state index is 0.373. The Kier molecular flexibility index (Phi) is 8.51. The van der Waals surface area contributed by atoms with Gasteiger partial charge in [-0.3, -0.25) is 19.7 Å². The van der Waals surface area contributed by atoms with E-state index >= 15 is 0 Å². The van der Waals surface area contributed by atoms with Gasteiger partial charge >= 0.3 is 0 Å². The first kappa shape index (κ1) is 25.1. The quantitative estimate of drug-likeness (QED) is 0.411. The lowest BCUT2D eigenvalue weighted by Crippen LogP contribution is -2.35. The van der Waals surface area contributed by atoms with E-state index in [9.17, 15) is 4.79 Å². The van der Waals surface area contributed by atoms with Crippen molar-refractivity contribution in [1.82, 2.24) is 20.3 Å². The fourth-order valence-corrected chi connectivity index (χ4v) is 4.18. The van der Waals surface area contributed by atoms with Crippen molar-refractivity contribution >= 4 is 5.91 Å². The number of carbonyl (C=O) groups is 1. The number of nitrogens with zero attached hydrogens (tertiary/aromatic N) is 3. The lowest BCUT2D eigenvalue weighted by Gasteiger charge is -2.26. The average Bonchev–Trinajstić information content (AvgIpc) is 2.97. The van der Waals surface area contributed by atoms with Gasteiger partial charge in [0.15, 0.2) is 6.29 Å². The van der Waals surface area contributed by atoms with Crippen LogP contribution in [0, 0.1) is 11.8 Å². The van der Waals surface area contributed by atoms with Crippen LogP contribution in [0.15, 0.2) is 61.1 Å².